The Balaban J connectivity index is 1.30. The van der Waals surface area contributed by atoms with Crippen LogP contribution in [-0.4, -0.2) is 31.1 Å². The highest BCUT2D eigenvalue weighted by atomic mass is 35.5. The first-order valence-electron chi connectivity index (χ1n) is 12.2. The fraction of sp³-hybridized carbons (Fsp3) is 0.333. The monoisotopic (exact) mass is 525 g/mol. The molecule has 0 saturated heterocycles. The lowest BCUT2D eigenvalue weighted by molar-refractivity contribution is 0.0904. The molecule has 1 N–H and O–H groups in total. The molecule has 192 valence electrons. The third kappa shape index (κ3) is 5.13. The van der Waals surface area contributed by atoms with Crippen LogP contribution >= 0.6 is 11.6 Å². The van der Waals surface area contributed by atoms with E-state index < -0.39 is 18.0 Å². The van der Waals surface area contributed by atoms with E-state index in [9.17, 15) is 18.4 Å². The van der Waals surface area contributed by atoms with E-state index in [1.165, 1.54) is 6.07 Å². The van der Waals surface area contributed by atoms with Crippen molar-refractivity contribution in [3.05, 3.63) is 87.3 Å². The minimum absolute atomic E-state index is 0.115. The number of pyridine rings is 2. The number of carbonyl (C=O) groups excluding carboxylic acids is 1. The number of nitrogens with zero attached hydrogens (tertiary/aromatic N) is 4. The lowest BCUT2D eigenvalue weighted by Crippen LogP contribution is -2.39. The number of halogens is 3. The van der Waals surface area contributed by atoms with Crippen LogP contribution in [0.1, 0.15) is 53.9 Å². The largest absolute Gasteiger partial charge is 0.349 e. The van der Waals surface area contributed by atoms with E-state index in [-0.39, 0.29) is 28.2 Å². The summed E-state index contributed by atoms with van der Waals surface area (Å²) in [4.78, 5) is 34.2. The molecular formula is C27H26ClF2N5O2. The molecule has 7 nitrogen and oxygen atoms in total. The first-order valence-corrected chi connectivity index (χ1v) is 12.6. The maximum atomic E-state index is 13.5. The number of para-hydroxylation sites is 2. The number of amides is 1. The van der Waals surface area contributed by atoms with Crippen LogP contribution < -0.4 is 11.0 Å². The molecule has 5 rings (SSSR count). The molecule has 3 aromatic heterocycles. The number of hydrogen-bond donors (Lipinski definition) is 1. The highest BCUT2D eigenvalue weighted by Gasteiger charge is 2.27. The SMILES string of the molecule is Cc1ccc(-n2c(=O)n(C[C@H]3CC[C@H](NC(=O)c4cc(Cl)cnc4C(F)F)CC3)c3ccccc32)cn1. The van der Waals surface area contributed by atoms with Crippen LogP contribution in [0.5, 0.6) is 0 Å². The van der Waals surface area contributed by atoms with Gasteiger partial charge in [0.2, 0.25) is 0 Å². The van der Waals surface area contributed by atoms with Gasteiger partial charge in [0.15, 0.2) is 0 Å². The van der Waals surface area contributed by atoms with Crippen molar-refractivity contribution in [1.82, 2.24) is 24.4 Å². The lowest BCUT2D eigenvalue weighted by Gasteiger charge is -2.29. The Bertz CT molecular complexity index is 1490. The summed E-state index contributed by atoms with van der Waals surface area (Å²) >= 11 is 5.89. The summed E-state index contributed by atoms with van der Waals surface area (Å²) in [7, 11) is 0. The molecule has 0 atom stereocenters. The van der Waals surface area contributed by atoms with Crippen LogP contribution in [0.25, 0.3) is 16.7 Å². The summed E-state index contributed by atoms with van der Waals surface area (Å²) in [5, 5.41) is 2.99. The molecule has 1 fully saturated rings. The van der Waals surface area contributed by atoms with E-state index in [1.807, 2.05) is 47.9 Å². The van der Waals surface area contributed by atoms with Crippen LogP contribution in [0.2, 0.25) is 5.02 Å². The molecule has 0 radical (unpaired) electrons. The van der Waals surface area contributed by atoms with Crippen molar-refractivity contribution in [3.8, 4) is 5.69 Å². The van der Waals surface area contributed by atoms with Crippen LogP contribution in [0.4, 0.5) is 8.78 Å². The van der Waals surface area contributed by atoms with Gasteiger partial charge in [0, 0.05) is 24.5 Å². The van der Waals surface area contributed by atoms with Crippen molar-refractivity contribution in [2.75, 3.05) is 0 Å². The number of fused-ring (bicyclic) bond motifs is 1. The summed E-state index contributed by atoms with van der Waals surface area (Å²) in [6, 6.07) is 12.6. The van der Waals surface area contributed by atoms with Crippen LogP contribution in [0.15, 0.2) is 59.7 Å². The Labute approximate surface area is 217 Å². The Morgan fingerprint density at radius 3 is 2.49 bits per heavy atom. The van der Waals surface area contributed by atoms with Crippen LogP contribution in [-0.2, 0) is 6.54 Å². The summed E-state index contributed by atoms with van der Waals surface area (Å²) < 4.78 is 30.1. The summed E-state index contributed by atoms with van der Waals surface area (Å²) in [5.41, 5.74) is 2.39. The minimum Gasteiger partial charge on any atom is -0.349 e. The van der Waals surface area contributed by atoms with Crippen LogP contribution in [0, 0.1) is 12.8 Å². The number of aryl methyl sites for hydroxylation is 1. The minimum atomic E-state index is -2.87. The number of alkyl halides is 2. The standard InChI is InChI=1S/C27H26ClF2N5O2/c1-16-6-11-20(14-31-16)35-23-5-3-2-4-22(23)34(27(35)37)15-17-7-9-19(10-8-17)33-26(36)21-12-18(28)13-32-24(21)25(29)30/h2-6,11-14,17,19,25H,7-10,15H2,1H3,(H,33,36)/t17-,19-. The van der Waals surface area contributed by atoms with E-state index >= 15 is 0 Å². The van der Waals surface area contributed by atoms with Gasteiger partial charge in [0.25, 0.3) is 12.3 Å². The normalized spacial score (nSPS) is 17.9. The van der Waals surface area contributed by atoms with Crippen molar-refractivity contribution in [1.29, 1.82) is 0 Å². The van der Waals surface area contributed by atoms with E-state index in [1.54, 1.807) is 10.8 Å². The molecule has 0 spiro atoms. The molecule has 10 heteroatoms. The number of benzene rings is 1. The number of carbonyl (C=O) groups is 1. The van der Waals surface area contributed by atoms with E-state index in [0.29, 0.717) is 19.4 Å². The van der Waals surface area contributed by atoms with Gasteiger partial charge in [0.05, 0.1) is 33.5 Å². The second kappa shape index (κ2) is 10.4. The van der Waals surface area contributed by atoms with Gasteiger partial charge in [-0.05, 0) is 68.9 Å². The smallest absolute Gasteiger partial charge is 0.333 e. The fourth-order valence-electron chi connectivity index (χ4n) is 5.04. The predicted molar refractivity (Wildman–Crippen MR) is 137 cm³/mol. The summed E-state index contributed by atoms with van der Waals surface area (Å²) in [6.45, 7) is 2.46. The van der Waals surface area contributed by atoms with Gasteiger partial charge in [-0.1, -0.05) is 23.7 Å². The van der Waals surface area contributed by atoms with E-state index in [0.717, 1.165) is 41.5 Å². The number of hydrogen-bond acceptors (Lipinski definition) is 4. The molecule has 1 saturated carbocycles. The first kappa shape index (κ1) is 25.1. The molecule has 1 amide bonds. The second-order valence-electron chi connectivity index (χ2n) is 9.45. The number of rotatable bonds is 6. The lowest BCUT2D eigenvalue weighted by atomic mass is 9.85. The number of nitrogens with one attached hydrogen (secondary N) is 1. The van der Waals surface area contributed by atoms with Crippen molar-refractivity contribution in [2.24, 2.45) is 5.92 Å². The molecule has 0 bridgehead atoms. The van der Waals surface area contributed by atoms with Crippen molar-refractivity contribution >= 4 is 28.5 Å². The third-order valence-corrected chi connectivity index (χ3v) is 7.16. The van der Waals surface area contributed by atoms with E-state index in [4.69, 9.17) is 11.6 Å². The molecule has 0 unspecified atom stereocenters. The molecular weight excluding hydrogens is 500 g/mol. The molecule has 1 aromatic carbocycles. The average Bonchev–Trinajstić information content (AvgIpc) is 3.16. The maximum absolute atomic E-state index is 13.5. The molecule has 4 aromatic rings. The summed E-state index contributed by atoms with van der Waals surface area (Å²) in [6.07, 6.45) is 2.89. The van der Waals surface area contributed by atoms with Crippen molar-refractivity contribution < 1.29 is 13.6 Å². The van der Waals surface area contributed by atoms with Gasteiger partial charge < -0.3 is 5.32 Å². The Morgan fingerprint density at radius 2 is 1.81 bits per heavy atom. The zero-order valence-corrected chi connectivity index (χ0v) is 21.0. The molecule has 0 aliphatic heterocycles. The van der Waals surface area contributed by atoms with Gasteiger partial charge in [-0.25, -0.2) is 13.6 Å². The van der Waals surface area contributed by atoms with Gasteiger partial charge in [-0.3, -0.25) is 23.9 Å². The highest BCUT2D eigenvalue weighted by Crippen LogP contribution is 2.28. The zero-order valence-electron chi connectivity index (χ0n) is 20.2. The fourth-order valence-corrected chi connectivity index (χ4v) is 5.20. The maximum Gasteiger partial charge on any atom is 0.333 e. The van der Waals surface area contributed by atoms with Gasteiger partial charge in [0.1, 0.15) is 5.69 Å². The molecule has 1 aliphatic carbocycles. The molecule has 1 aliphatic rings. The number of aromatic nitrogens is 4. The van der Waals surface area contributed by atoms with Gasteiger partial charge in [-0.2, -0.15) is 0 Å². The Morgan fingerprint density at radius 1 is 1.08 bits per heavy atom. The van der Waals surface area contributed by atoms with Crippen LogP contribution in [0.3, 0.4) is 0 Å². The summed E-state index contributed by atoms with van der Waals surface area (Å²) in [5.74, 6) is -0.356. The van der Waals surface area contributed by atoms with Gasteiger partial charge in [-0.15, -0.1) is 0 Å². The van der Waals surface area contributed by atoms with Crippen molar-refractivity contribution in [3.63, 3.8) is 0 Å². The first-order chi connectivity index (χ1) is 17.8. The number of imidazole rings is 1. The quantitative estimate of drug-likeness (QED) is 0.362. The molecule has 3 heterocycles. The second-order valence-corrected chi connectivity index (χ2v) is 9.89. The highest BCUT2D eigenvalue weighted by molar-refractivity contribution is 6.30. The predicted octanol–water partition coefficient (Wildman–Crippen LogP) is 5.47. The topological polar surface area (TPSA) is 81.8 Å². The average molecular weight is 526 g/mol. The van der Waals surface area contributed by atoms with E-state index in [2.05, 4.69) is 15.3 Å². The third-order valence-electron chi connectivity index (χ3n) is 6.95. The Kier molecular flexibility index (Phi) is 7.06. The Hall–Kier alpha value is -3.59. The van der Waals surface area contributed by atoms with Crippen molar-refractivity contribution in [2.45, 2.75) is 51.6 Å². The molecule has 37 heavy (non-hydrogen) atoms. The van der Waals surface area contributed by atoms with Gasteiger partial charge >= 0.3 is 5.69 Å². The zero-order chi connectivity index (χ0) is 26.1.